The summed E-state index contributed by atoms with van der Waals surface area (Å²) in [5.41, 5.74) is 8.47. The maximum atomic E-state index is 5.54. The molecule has 86 valence electrons. The Labute approximate surface area is 99.0 Å². The molecule has 17 heavy (non-hydrogen) atoms. The quantitative estimate of drug-likeness (QED) is 0.853. The van der Waals surface area contributed by atoms with E-state index >= 15 is 0 Å². The molecular formula is C13H12N2O2. The first kappa shape index (κ1) is 10.1. The lowest BCUT2D eigenvalue weighted by atomic mass is 10.1. The number of nitrogens with zero attached hydrogens (tertiary/aromatic N) is 1. The number of hydrogen-bond acceptors (Lipinski definition) is 4. The van der Waals surface area contributed by atoms with E-state index in [4.69, 9.17) is 15.2 Å². The van der Waals surface area contributed by atoms with E-state index in [9.17, 15) is 0 Å². The highest BCUT2D eigenvalue weighted by Gasteiger charge is 2.13. The van der Waals surface area contributed by atoms with Gasteiger partial charge in [-0.15, -0.1) is 0 Å². The van der Waals surface area contributed by atoms with E-state index in [0.29, 0.717) is 13.3 Å². The maximum absolute atomic E-state index is 5.54. The summed E-state index contributed by atoms with van der Waals surface area (Å²) >= 11 is 0. The smallest absolute Gasteiger partial charge is 0.231 e. The fraction of sp³-hybridized carbons (Fsp3) is 0.154. The zero-order valence-electron chi connectivity index (χ0n) is 9.22. The maximum Gasteiger partial charge on any atom is 0.231 e. The molecule has 2 heterocycles. The van der Waals surface area contributed by atoms with Crippen LogP contribution in [0.1, 0.15) is 5.56 Å². The molecule has 0 atom stereocenters. The van der Waals surface area contributed by atoms with Crippen molar-refractivity contribution in [3.8, 4) is 22.8 Å². The van der Waals surface area contributed by atoms with Gasteiger partial charge in [-0.25, -0.2) is 0 Å². The Morgan fingerprint density at radius 2 is 2.00 bits per heavy atom. The third kappa shape index (κ3) is 1.83. The first-order chi connectivity index (χ1) is 8.36. The minimum atomic E-state index is 0.290. The Kier molecular flexibility index (Phi) is 2.42. The Bertz CT molecular complexity index is 538. The van der Waals surface area contributed by atoms with Gasteiger partial charge in [-0.05, 0) is 29.8 Å². The van der Waals surface area contributed by atoms with E-state index < -0.39 is 0 Å². The number of rotatable bonds is 2. The summed E-state index contributed by atoms with van der Waals surface area (Å²) in [6, 6.07) is 9.74. The Morgan fingerprint density at radius 3 is 2.76 bits per heavy atom. The second-order valence-electron chi connectivity index (χ2n) is 3.82. The lowest BCUT2D eigenvalue weighted by Gasteiger charge is -2.03. The van der Waals surface area contributed by atoms with Gasteiger partial charge < -0.3 is 15.2 Å². The Hall–Kier alpha value is -2.07. The minimum Gasteiger partial charge on any atom is -0.454 e. The van der Waals surface area contributed by atoms with Crippen LogP contribution in [0.5, 0.6) is 11.5 Å². The summed E-state index contributed by atoms with van der Waals surface area (Å²) in [4.78, 5) is 4.37. The summed E-state index contributed by atoms with van der Waals surface area (Å²) in [6.45, 7) is 0.798. The molecular weight excluding hydrogens is 216 g/mol. The molecule has 1 aliphatic heterocycles. The van der Waals surface area contributed by atoms with Crippen molar-refractivity contribution < 1.29 is 9.47 Å². The molecule has 1 aliphatic rings. The van der Waals surface area contributed by atoms with Gasteiger partial charge in [0.1, 0.15) is 0 Å². The van der Waals surface area contributed by atoms with E-state index in [2.05, 4.69) is 4.98 Å². The molecule has 0 unspecified atom stereocenters. The number of fused-ring (bicyclic) bond motifs is 1. The van der Waals surface area contributed by atoms with Gasteiger partial charge in [0, 0.05) is 18.3 Å². The first-order valence-corrected chi connectivity index (χ1v) is 5.42. The second kappa shape index (κ2) is 4.07. The standard InChI is InChI=1S/C13H12N2O2/c14-6-9-1-3-11(15-7-9)10-2-4-12-13(5-10)17-8-16-12/h1-5,7H,6,8,14H2. The minimum absolute atomic E-state index is 0.290. The third-order valence-corrected chi connectivity index (χ3v) is 2.73. The number of pyridine rings is 1. The normalized spacial score (nSPS) is 12.8. The predicted molar refractivity (Wildman–Crippen MR) is 63.7 cm³/mol. The number of benzene rings is 1. The largest absolute Gasteiger partial charge is 0.454 e. The molecule has 2 aromatic rings. The highest BCUT2D eigenvalue weighted by molar-refractivity contribution is 5.64. The molecule has 0 spiro atoms. The van der Waals surface area contributed by atoms with E-state index in [1.54, 1.807) is 6.20 Å². The van der Waals surface area contributed by atoms with Crippen molar-refractivity contribution in [2.24, 2.45) is 5.73 Å². The molecule has 0 amide bonds. The number of hydrogen-bond donors (Lipinski definition) is 1. The molecule has 0 saturated carbocycles. The van der Waals surface area contributed by atoms with Crippen molar-refractivity contribution in [1.29, 1.82) is 0 Å². The van der Waals surface area contributed by atoms with Crippen LogP contribution in [-0.4, -0.2) is 11.8 Å². The van der Waals surface area contributed by atoms with E-state index in [0.717, 1.165) is 28.3 Å². The first-order valence-electron chi connectivity index (χ1n) is 5.42. The van der Waals surface area contributed by atoms with Gasteiger partial charge in [0.15, 0.2) is 11.5 Å². The summed E-state index contributed by atoms with van der Waals surface area (Å²) in [6.07, 6.45) is 1.79. The predicted octanol–water partition coefficient (Wildman–Crippen LogP) is 1.94. The van der Waals surface area contributed by atoms with Crippen molar-refractivity contribution in [3.05, 3.63) is 42.1 Å². The summed E-state index contributed by atoms with van der Waals surface area (Å²) < 4.78 is 10.6. The molecule has 1 aromatic carbocycles. The SMILES string of the molecule is NCc1ccc(-c2ccc3c(c2)OCO3)nc1. The molecule has 0 bridgehead atoms. The lowest BCUT2D eigenvalue weighted by molar-refractivity contribution is 0.174. The van der Waals surface area contributed by atoms with Crippen LogP contribution in [0.4, 0.5) is 0 Å². The molecule has 0 aliphatic carbocycles. The Morgan fingerprint density at radius 1 is 1.12 bits per heavy atom. The fourth-order valence-electron chi connectivity index (χ4n) is 1.77. The zero-order chi connectivity index (χ0) is 11.7. The van der Waals surface area contributed by atoms with Crippen molar-refractivity contribution in [3.63, 3.8) is 0 Å². The topological polar surface area (TPSA) is 57.4 Å². The van der Waals surface area contributed by atoms with Crippen molar-refractivity contribution in [1.82, 2.24) is 4.98 Å². The monoisotopic (exact) mass is 228 g/mol. The summed E-state index contributed by atoms with van der Waals surface area (Å²) in [5.74, 6) is 1.56. The van der Waals surface area contributed by atoms with E-state index in [-0.39, 0.29) is 0 Å². The van der Waals surface area contributed by atoms with Crippen LogP contribution >= 0.6 is 0 Å². The highest BCUT2D eigenvalue weighted by atomic mass is 16.7. The van der Waals surface area contributed by atoms with Crippen molar-refractivity contribution in [2.45, 2.75) is 6.54 Å². The van der Waals surface area contributed by atoms with Gasteiger partial charge in [-0.2, -0.15) is 0 Å². The van der Waals surface area contributed by atoms with E-state index in [1.807, 2.05) is 30.3 Å². The second-order valence-corrected chi connectivity index (χ2v) is 3.82. The molecule has 4 nitrogen and oxygen atoms in total. The van der Waals surface area contributed by atoms with Crippen LogP contribution in [0.3, 0.4) is 0 Å². The number of ether oxygens (including phenoxy) is 2. The van der Waals surface area contributed by atoms with Gasteiger partial charge in [0.2, 0.25) is 6.79 Å². The molecule has 3 rings (SSSR count). The van der Waals surface area contributed by atoms with Crippen LogP contribution in [0, 0.1) is 0 Å². The van der Waals surface area contributed by atoms with Gasteiger partial charge in [-0.1, -0.05) is 6.07 Å². The molecule has 2 N–H and O–H groups in total. The van der Waals surface area contributed by atoms with Crippen LogP contribution in [0.25, 0.3) is 11.3 Å². The molecule has 1 aromatic heterocycles. The third-order valence-electron chi connectivity index (χ3n) is 2.73. The van der Waals surface area contributed by atoms with Crippen LogP contribution in [0.15, 0.2) is 36.5 Å². The average molecular weight is 228 g/mol. The number of nitrogens with two attached hydrogens (primary N) is 1. The van der Waals surface area contributed by atoms with E-state index in [1.165, 1.54) is 0 Å². The molecule has 0 radical (unpaired) electrons. The van der Waals surface area contributed by atoms with Gasteiger partial charge in [-0.3, -0.25) is 4.98 Å². The Balaban J connectivity index is 1.97. The van der Waals surface area contributed by atoms with Gasteiger partial charge >= 0.3 is 0 Å². The molecule has 0 fully saturated rings. The molecule has 4 heteroatoms. The van der Waals surface area contributed by atoms with Crippen molar-refractivity contribution in [2.75, 3.05) is 6.79 Å². The fourth-order valence-corrected chi connectivity index (χ4v) is 1.77. The van der Waals surface area contributed by atoms with Crippen LogP contribution in [0.2, 0.25) is 0 Å². The van der Waals surface area contributed by atoms with Crippen molar-refractivity contribution >= 4 is 0 Å². The van der Waals surface area contributed by atoms with Gasteiger partial charge in [0.25, 0.3) is 0 Å². The molecule has 0 saturated heterocycles. The average Bonchev–Trinajstić information content (AvgIpc) is 2.86. The lowest BCUT2D eigenvalue weighted by Crippen LogP contribution is -1.96. The number of aromatic nitrogens is 1. The van der Waals surface area contributed by atoms with Crippen LogP contribution in [-0.2, 0) is 6.54 Å². The highest BCUT2D eigenvalue weighted by Crippen LogP contribution is 2.35. The zero-order valence-corrected chi connectivity index (χ0v) is 9.22. The van der Waals surface area contributed by atoms with Crippen LogP contribution < -0.4 is 15.2 Å². The summed E-state index contributed by atoms with van der Waals surface area (Å²) in [7, 11) is 0. The van der Waals surface area contributed by atoms with Gasteiger partial charge in [0.05, 0.1) is 5.69 Å². The summed E-state index contributed by atoms with van der Waals surface area (Å²) in [5, 5.41) is 0.